The van der Waals surface area contributed by atoms with E-state index in [2.05, 4.69) is 22.1 Å². The summed E-state index contributed by atoms with van der Waals surface area (Å²) in [4.78, 5) is 4.04. The standard InChI is InChI=1S/C15H12ClN3/c1-10(11-6-8-17-9-7-11)14-12-4-2-3-5-13(12)15(16)19-18-14/h2-10H,1H3. The van der Waals surface area contributed by atoms with Crippen LogP contribution in [0.2, 0.25) is 5.15 Å². The van der Waals surface area contributed by atoms with Crippen LogP contribution in [0.3, 0.4) is 0 Å². The molecule has 0 saturated carbocycles. The third-order valence-corrected chi connectivity index (χ3v) is 3.57. The van der Waals surface area contributed by atoms with Crippen molar-refractivity contribution in [3.63, 3.8) is 0 Å². The molecular weight excluding hydrogens is 258 g/mol. The Labute approximate surface area is 116 Å². The molecule has 1 aromatic carbocycles. The van der Waals surface area contributed by atoms with E-state index in [0.717, 1.165) is 22.0 Å². The fraction of sp³-hybridized carbons (Fsp3) is 0.133. The first kappa shape index (κ1) is 12.1. The van der Waals surface area contributed by atoms with Crippen molar-refractivity contribution in [2.45, 2.75) is 12.8 Å². The Hall–Kier alpha value is -2.00. The van der Waals surface area contributed by atoms with E-state index in [1.54, 1.807) is 12.4 Å². The zero-order valence-electron chi connectivity index (χ0n) is 10.4. The molecule has 1 unspecified atom stereocenters. The molecule has 2 aromatic heterocycles. The first-order valence-corrected chi connectivity index (χ1v) is 6.46. The minimum atomic E-state index is 0.151. The summed E-state index contributed by atoms with van der Waals surface area (Å²) in [5.41, 5.74) is 2.10. The maximum atomic E-state index is 6.10. The Morgan fingerprint density at radius 1 is 0.947 bits per heavy atom. The van der Waals surface area contributed by atoms with Gasteiger partial charge in [-0.1, -0.05) is 42.8 Å². The van der Waals surface area contributed by atoms with Gasteiger partial charge in [-0.25, -0.2) is 0 Å². The Morgan fingerprint density at radius 2 is 1.63 bits per heavy atom. The Bertz CT molecular complexity index is 713. The van der Waals surface area contributed by atoms with Crippen LogP contribution >= 0.6 is 11.6 Å². The number of fused-ring (bicyclic) bond motifs is 1. The number of benzene rings is 1. The van der Waals surface area contributed by atoms with Crippen LogP contribution in [0.1, 0.15) is 24.1 Å². The van der Waals surface area contributed by atoms with Gasteiger partial charge in [0.2, 0.25) is 0 Å². The predicted molar refractivity (Wildman–Crippen MR) is 76.3 cm³/mol. The van der Waals surface area contributed by atoms with E-state index in [1.165, 1.54) is 0 Å². The molecule has 3 aromatic rings. The Morgan fingerprint density at radius 3 is 2.37 bits per heavy atom. The molecule has 4 heteroatoms. The van der Waals surface area contributed by atoms with Gasteiger partial charge in [-0.3, -0.25) is 4.98 Å². The number of aromatic nitrogens is 3. The van der Waals surface area contributed by atoms with Gasteiger partial charge in [0.1, 0.15) is 0 Å². The molecule has 0 bridgehead atoms. The summed E-state index contributed by atoms with van der Waals surface area (Å²) in [6.07, 6.45) is 3.58. The van der Waals surface area contributed by atoms with Crippen LogP contribution in [-0.2, 0) is 0 Å². The van der Waals surface area contributed by atoms with E-state index in [1.807, 2.05) is 36.4 Å². The van der Waals surface area contributed by atoms with Gasteiger partial charge in [-0.15, -0.1) is 5.10 Å². The van der Waals surface area contributed by atoms with Crippen LogP contribution in [0, 0.1) is 0 Å². The van der Waals surface area contributed by atoms with Crippen molar-refractivity contribution >= 4 is 22.4 Å². The Kier molecular flexibility index (Phi) is 3.13. The molecule has 0 aliphatic rings. The number of halogens is 1. The predicted octanol–water partition coefficient (Wildman–Crippen LogP) is 3.83. The molecule has 0 radical (unpaired) electrons. The molecule has 0 aliphatic heterocycles. The average Bonchev–Trinajstić information content (AvgIpc) is 2.48. The minimum absolute atomic E-state index is 0.151. The fourth-order valence-electron chi connectivity index (χ4n) is 2.22. The normalized spacial score (nSPS) is 12.5. The van der Waals surface area contributed by atoms with Crippen LogP contribution in [0.4, 0.5) is 0 Å². The van der Waals surface area contributed by atoms with E-state index >= 15 is 0 Å². The van der Waals surface area contributed by atoms with Crippen molar-refractivity contribution in [1.29, 1.82) is 0 Å². The molecule has 1 atom stereocenters. The number of hydrogen-bond acceptors (Lipinski definition) is 3. The summed E-state index contributed by atoms with van der Waals surface area (Å²) in [6.45, 7) is 2.11. The SMILES string of the molecule is CC(c1ccncc1)c1nnc(Cl)c2ccccc12. The molecule has 3 nitrogen and oxygen atoms in total. The highest BCUT2D eigenvalue weighted by Gasteiger charge is 2.15. The molecule has 0 N–H and O–H groups in total. The Balaban J connectivity index is 2.18. The lowest BCUT2D eigenvalue weighted by Gasteiger charge is -2.13. The summed E-state index contributed by atoms with van der Waals surface area (Å²) in [5.74, 6) is 0.151. The summed E-state index contributed by atoms with van der Waals surface area (Å²) in [7, 11) is 0. The largest absolute Gasteiger partial charge is 0.265 e. The zero-order valence-corrected chi connectivity index (χ0v) is 11.2. The lowest BCUT2D eigenvalue weighted by Crippen LogP contribution is -2.02. The summed E-state index contributed by atoms with van der Waals surface area (Å²) in [6, 6.07) is 11.9. The first-order chi connectivity index (χ1) is 9.27. The van der Waals surface area contributed by atoms with Crippen LogP contribution in [0.25, 0.3) is 10.8 Å². The number of nitrogens with zero attached hydrogens (tertiary/aromatic N) is 3. The van der Waals surface area contributed by atoms with Gasteiger partial charge >= 0.3 is 0 Å². The third-order valence-electron chi connectivity index (χ3n) is 3.29. The van der Waals surface area contributed by atoms with E-state index in [-0.39, 0.29) is 5.92 Å². The van der Waals surface area contributed by atoms with Crippen LogP contribution < -0.4 is 0 Å². The first-order valence-electron chi connectivity index (χ1n) is 6.08. The molecule has 0 fully saturated rings. The molecule has 3 rings (SSSR count). The number of rotatable bonds is 2. The second-order valence-electron chi connectivity index (χ2n) is 4.42. The maximum absolute atomic E-state index is 6.10. The van der Waals surface area contributed by atoms with Gasteiger partial charge in [0.25, 0.3) is 0 Å². The molecular formula is C15H12ClN3. The van der Waals surface area contributed by atoms with Crippen LogP contribution in [-0.4, -0.2) is 15.2 Å². The van der Waals surface area contributed by atoms with Crippen molar-refractivity contribution in [2.24, 2.45) is 0 Å². The third kappa shape index (κ3) is 2.17. The second-order valence-corrected chi connectivity index (χ2v) is 4.78. The average molecular weight is 270 g/mol. The zero-order chi connectivity index (χ0) is 13.2. The lowest BCUT2D eigenvalue weighted by molar-refractivity contribution is 0.836. The molecule has 2 heterocycles. The van der Waals surface area contributed by atoms with Crippen molar-refractivity contribution in [3.8, 4) is 0 Å². The summed E-state index contributed by atoms with van der Waals surface area (Å²) in [5, 5.41) is 10.8. The quantitative estimate of drug-likeness (QED) is 0.710. The van der Waals surface area contributed by atoms with Crippen LogP contribution in [0.5, 0.6) is 0 Å². The lowest BCUT2D eigenvalue weighted by atomic mass is 9.95. The molecule has 0 amide bonds. The van der Waals surface area contributed by atoms with Gasteiger partial charge in [0.15, 0.2) is 5.15 Å². The minimum Gasteiger partial charge on any atom is -0.265 e. The highest BCUT2D eigenvalue weighted by Crippen LogP contribution is 2.30. The molecule has 0 aliphatic carbocycles. The fourth-order valence-corrected chi connectivity index (χ4v) is 2.42. The van der Waals surface area contributed by atoms with Crippen molar-refractivity contribution in [2.75, 3.05) is 0 Å². The topological polar surface area (TPSA) is 38.7 Å². The van der Waals surface area contributed by atoms with Crippen LogP contribution in [0.15, 0.2) is 48.8 Å². The molecule has 19 heavy (non-hydrogen) atoms. The highest BCUT2D eigenvalue weighted by molar-refractivity contribution is 6.34. The summed E-state index contributed by atoms with van der Waals surface area (Å²) < 4.78 is 0. The smallest absolute Gasteiger partial charge is 0.159 e. The van der Waals surface area contributed by atoms with Gasteiger partial charge in [-0.2, -0.15) is 5.10 Å². The maximum Gasteiger partial charge on any atom is 0.159 e. The van der Waals surface area contributed by atoms with Gasteiger partial charge in [0.05, 0.1) is 5.69 Å². The van der Waals surface area contributed by atoms with Crippen molar-refractivity contribution < 1.29 is 0 Å². The van der Waals surface area contributed by atoms with Gasteiger partial charge < -0.3 is 0 Å². The van der Waals surface area contributed by atoms with E-state index in [4.69, 9.17) is 11.6 Å². The van der Waals surface area contributed by atoms with Gasteiger partial charge in [-0.05, 0) is 17.7 Å². The number of pyridine rings is 1. The molecule has 0 saturated heterocycles. The van der Waals surface area contributed by atoms with Crippen molar-refractivity contribution in [1.82, 2.24) is 15.2 Å². The van der Waals surface area contributed by atoms with E-state index in [9.17, 15) is 0 Å². The summed E-state index contributed by atoms with van der Waals surface area (Å²) >= 11 is 6.10. The van der Waals surface area contributed by atoms with Gasteiger partial charge in [0, 0.05) is 29.1 Å². The number of hydrogen-bond donors (Lipinski definition) is 0. The monoisotopic (exact) mass is 269 g/mol. The highest BCUT2D eigenvalue weighted by atomic mass is 35.5. The second kappa shape index (κ2) is 4.94. The molecule has 0 spiro atoms. The van der Waals surface area contributed by atoms with Crippen molar-refractivity contribution in [3.05, 3.63) is 65.2 Å². The van der Waals surface area contributed by atoms with E-state index in [0.29, 0.717) is 5.15 Å². The van der Waals surface area contributed by atoms with E-state index < -0.39 is 0 Å². The molecule has 94 valence electrons.